The Bertz CT molecular complexity index is 671. The second-order valence-electron chi connectivity index (χ2n) is 7.83. The molecule has 8 nitrogen and oxygen atoms in total. The fraction of sp³-hybridized carbons (Fsp3) is 0.722. The van der Waals surface area contributed by atoms with Gasteiger partial charge in [0.05, 0.1) is 6.26 Å². The predicted octanol–water partition coefficient (Wildman–Crippen LogP) is 1.85. The van der Waals surface area contributed by atoms with Gasteiger partial charge in [0.15, 0.2) is 17.9 Å². The van der Waals surface area contributed by atoms with E-state index in [0.717, 1.165) is 0 Å². The Morgan fingerprint density at radius 3 is 2.35 bits per heavy atom. The number of rotatable bonds is 3. The Hall–Kier alpha value is -1.45. The lowest BCUT2D eigenvalue weighted by Crippen LogP contribution is -2.58. The van der Waals surface area contributed by atoms with Crippen molar-refractivity contribution in [1.29, 1.82) is 0 Å². The molecular formula is C18H25NO7. The molecule has 1 N–H and O–H groups in total. The lowest BCUT2D eigenvalue weighted by Gasteiger charge is -2.40. The monoisotopic (exact) mass is 367 g/mol. The number of furan rings is 1. The topological polar surface area (TPSA) is 88.4 Å². The highest BCUT2D eigenvalue weighted by molar-refractivity contribution is 5.73. The first kappa shape index (κ1) is 17.9. The first-order valence-corrected chi connectivity index (χ1v) is 8.82. The Morgan fingerprint density at radius 1 is 1.04 bits per heavy atom. The maximum atomic E-state index is 11.8. The molecule has 0 aliphatic carbocycles. The van der Waals surface area contributed by atoms with Gasteiger partial charge in [-0.05, 0) is 39.8 Å². The van der Waals surface area contributed by atoms with Crippen LogP contribution in [-0.4, -0.2) is 48.2 Å². The van der Waals surface area contributed by atoms with Crippen LogP contribution >= 0.6 is 0 Å². The van der Waals surface area contributed by atoms with Crippen molar-refractivity contribution < 1.29 is 32.9 Å². The molecule has 26 heavy (non-hydrogen) atoms. The molecule has 3 fully saturated rings. The standard InChI is InChI=1S/C18H25NO7/c1-9(20)19-11(10-7-6-8-21-10)12-13-14(24-17(2,3)23-13)15-16(22-12)26-18(4,5)25-15/h6-8,11-16H,1-5H3,(H,19,20)/t11-,12-,13+,14+,15-,16-/m1/s1. The molecule has 1 amide bonds. The van der Waals surface area contributed by atoms with E-state index in [1.807, 2.05) is 27.7 Å². The van der Waals surface area contributed by atoms with Crippen LogP contribution in [0.15, 0.2) is 22.8 Å². The Balaban J connectivity index is 1.69. The molecule has 3 saturated heterocycles. The van der Waals surface area contributed by atoms with E-state index in [2.05, 4.69) is 5.32 Å². The van der Waals surface area contributed by atoms with Crippen LogP contribution in [0.1, 0.15) is 46.4 Å². The molecule has 1 aromatic heterocycles. The van der Waals surface area contributed by atoms with Crippen LogP contribution in [0.5, 0.6) is 0 Å². The van der Waals surface area contributed by atoms with E-state index in [1.165, 1.54) is 6.92 Å². The zero-order valence-corrected chi connectivity index (χ0v) is 15.6. The van der Waals surface area contributed by atoms with Gasteiger partial charge in [-0.3, -0.25) is 4.79 Å². The van der Waals surface area contributed by atoms with Gasteiger partial charge in [-0.25, -0.2) is 0 Å². The number of fused-ring (bicyclic) bond motifs is 3. The third kappa shape index (κ3) is 3.16. The lowest BCUT2D eigenvalue weighted by atomic mass is 9.93. The van der Waals surface area contributed by atoms with Crippen LogP contribution in [-0.2, 0) is 28.5 Å². The molecule has 0 unspecified atom stereocenters. The minimum Gasteiger partial charge on any atom is -0.467 e. The number of carbonyl (C=O) groups is 1. The smallest absolute Gasteiger partial charge is 0.217 e. The van der Waals surface area contributed by atoms with Crippen molar-refractivity contribution in [2.75, 3.05) is 0 Å². The molecule has 4 heterocycles. The SMILES string of the molecule is CC(=O)N[C@H](c1ccco1)[C@H]1O[C@@H]2OC(C)(C)O[C@@H]2[C@H]2OC(C)(C)O[C@H]21. The summed E-state index contributed by atoms with van der Waals surface area (Å²) in [6, 6.07) is 3.02. The molecule has 0 radical (unpaired) electrons. The molecular weight excluding hydrogens is 342 g/mol. The van der Waals surface area contributed by atoms with E-state index in [0.29, 0.717) is 5.76 Å². The number of amides is 1. The Labute approximate surface area is 152 Å². The van der Waals surface area contributed by atoms with E-state index in [4.69, 9.17) is 28.1 Å². The van der Waals surface area contributed by atoms with E-state index < -0.39 is 42.2 Å². The maximum absolute atomic E-state index is 11.8. The maximum Gasteiger partial charge on any atom is 0.217 e. The number of hydrogen-bond donors (Lipinski definition) is 1. The molecule has 3 aliphatic heterocycles. The van der Waals surface area contributed by atoms with Crippen molar-refractivity contribution in [3.05, 3.63) is 24.2 Å². The molecule has 1 aromatic rings. The van der Waals surface area contributed by atoms with Crippen molar-refractivity contribution in [3.8, 4) is 0 Å². The molecule has 0 aromatic carbocycles. The summed E-state index contributed by atoms with van der Waals surface area (Å²) in [5, 5.41) is 2.90. The first-order valence-electron chi connectivity index (χ1n) is 8.82. The summed E-state index contributed by atoms with van der Waals surface area (Å²) in [4.78, 5) is 11.8. The van der Waals surface area contributed by atoms with Gasteiger partial charge in [0.2, 0.25) is 5.91 Å². The normalized spacial score (nSPS) is 38.4. The van der Waals surface area contributed by atoms with Crippen LogP contribution in [0.25, 0.3) is 0 Å². The zero-order chi connectivity index (χ0) is 18.7. The van der Waals surface area contributed by atoms with Crippen molar-refractivity contribution >= 4 is 5.91 Å². The van der Waals surface area contributed by atoms with E-state index in [-0.39, 0.29) is 12.0 Å². The number of ether oxygens (including phenoxy) is 5. The van der Waals surface area contributed by atoms with Gasteiger partial charge in [0, 0.05) is 6.92 Å². The molecule has 0 bridgehead atoms. The van der Waals surface area contributed by atoms with Gasteiger partial charge in [0.1, 0.15) is 36.2 Å². The summed E-state index contributed by atoms with van der Waals surface area (Å²) >= 11 is 0. The molecule has 6 atom stereocenters. The highest BCUT2D eigenvalue weighted by atomic mass is 16.9. The summed E-state index contributed by atoms with van der Waals surface area (Å²) in [6.07, 6.45) is -0.882. The van der Waals surface area contributed by atoms with Crippen LogP contribution in [0, 0.1) is 0 Å². The van der Waals surface area contributed by atoms with Crippen molar-refractivity contribution in [1.82, 2.24) is 5.32 Å². The minimum absolute atomic E-state index is 0.198. The van der Waals surface area contributed by atoms with Crippen LogP contribution in [0.4, 0.5) is 0 Å². The fourth-order valence-electron chi connectivity index (χ4n) is 3.91. The van der Waals surface area contributed by atoms with Crippen LogP contribution in [0.3, 0.4) is 0 Å². The minimum atomic E-state index is -0.800. The lowest BCUT2D eigenvalue weighted by molar-refractivity contribution is -0.241. The van der Waals surface area contributed by atoms with Gasteiger partial charge in [-0.1, -0.05) is 0 Å². The zero-order valence-electron chi connectivity index (χ0n) is 15.6. The van der Waals surface area contributed by atoms with Crippen molar-refractivity contribution in [2.24, 2.45) is 0 Å². The second-order valence-corrected chi connectivity index (χ2v) is 7.83. The predicted molar refractivity (Wildman–Crippen MR) is 87.8 cm³/mol. The summed E-state index contributed by atoms with van der Waals surface area (Å²) in [5.74, 6) is -1.21. The van der Waals surface area contributed by atoms with E-state index in [1.54, 1.807) is 18.4 Å². The van der Waals surface area contributed by atoms with E-state index >= 15 is 0 Å². The van der Waals surface area contributed by atoms with Gasteiger partial charge in [-0.15, -0.1) is 0 Å². The van der Waals surface area contributed by atoms with Gasteiger partial charge in [0.25, 0.3) is 0 Å². The Kier molecular flexibility index (Phi) is 4.16. The molecule has 0 saturated carbocycles. The van der Waals surface area contributed by atoms with Gasteiger partial charge in [-0.2, -0.15) is 0 Å². The third-order valence-corrected chi connectivity index (χ3v) is 4.73. The highest BCUT2D eigenvalue weighted by Gasteiger charge is 2.62. The van der Waals surface area contributed by atoms with Gasteiger partial charge >= 0.3 is 0 Å². The van der Waals surface area contributed by atoms with Gasteiger partial charge < -0.3 is 33.4 Å². The summed E-state index contributed by atoms with van der Waals surface area (Å²) in [5.41, 5.74) is 0. The number of hydrogen-bond acceptors (Lipinski definition) is 7. The second kappa shape index (κ2) is 6.03. The van der Waals surface area contributed by atoms with Crippen molar-refractivity contribution in [2.45, 2.75) is 82.9 Å². The third-order valence-electron chi connectivity index (χ3n) is 4.73. The quantitative estimate of drug-likeness (QED) is 0.872. The summed E-state index contributed by atoms with van der Waals surface area (Å²) < 4.78 is 35.9. The van der Waals surface area contributed by atoms with Crippen LogP contribution < -0.4 is 5.32 Å². The first-order chi connectivity index (χ1) is 12.2. The highest BCUT2D eigenvalue weighted by Crippen LogP contribution is 2.46. The average molecular weight is 367 g/mol. The molecule has 144 valence electrons. The summed E-state index contributed by atoms with van der Waals surface area (Å²) in [7, 11) is 0. The molecule has 8 heteroatoms. The molecule has 0 spiro atoms. The van der Waals surface area contributed by atoms with E-state index in [9.17, 15) is 4.79 Å². The Morgan fingerprint density at radius 2 is 1.69 bits per heavy atom. The largest absolute Gasteiger partial charge is 0.467 e. The average Bonchev–Trinajstić information content (AvgIpc) is 3.19. The fourth-order valence-corrected chi connectivity index (χ4v) is 3.91. The summed E-state index contributed by atoms with van der Waals surface area (Å²) in [6.45, 7) is 8.81. The number of nitrogens with one attached hydrogen (secondary N) is 1. The number of carbonyl (C=O) groups excluding carboxylic acids is 1. The van der Waals surface area contributed by atoms with Crippen molar-refractivity contribution in [3.63, 3.8) is 0 Å². The molecule has 3 aliphatic rings. The molecule has 4 rings (SSSR count). The van der Waals surface area contributed by atoms with Crippen LogP contribution in [0.2, 0.25) is 0 Å².